The number of allylic oxidation sites excluding steroid dienone is 3. The van der Waals surface area contributed by atoms with Gasteiger partial charge in [-0.15, -0.1) is 13.2 Å². The maximum atomic E-state index is 13.1. The minimum Gasteiger partial charge on any atom is -0.453 e. The Bertz CT molecular complexity index is 1320. The highest BCUT2D eigenvalue weighted by atomic mass is 16.8. The zero-order valence-electron chi connectivity index (χ0n) is 32.4. The van der Waals surface area contributed by atoms with Crippen molar-refractivity contribution in [3.63, 3.8) is 0 Å². The molecule has 0 spiro atoms. The van der Waals surface area contributed by atoms with Crippen LogP contribution in [0.25, 0.3) is 0 Å². The van der Waals surface area contributed by atoms with Crippen LogP contribution in [0.4, 0.5) is 0 Å². The molecule has 3 aliphatic heterocycles. The topological polar surface area (TPSA) is 264 Å². The number of carbonyl (C=O) groups is 1. The van der Waals surface area contributed by atoms with E-state index in [-0.39, 0.29) is 18.4 Å². The fourth-order valence-electron chi connectivity index (χ4n) is 6.37. The average molecular weight is 791 g/mol. The van der Waals surface area contributed by atoms with Crippen molar-refractivity contribution in [2.75, 3.05) is 13.2 Å². The highest BCUT2D eigenvalue weighted by Gasteiger charge is 2.52. The van der Waals surface area contributed by atoms with Gasteiger partial charge < -0.3 is 79.1 Å². The first kappa shape index (κ1) is 47.2. The van der Waals surface area contributed by atoms with Crippen LogP contribution < -0.4 is 0 Å². The molecule has 3 aliphatic rings. The second-order valence-corrected chi connectivity index (χ2v) is 15.1. The van der Waals surface area contributed by atoms with Crippen LogP contribution in [0.5, 0.6) is 0 Å². The maximum Gasteiger partial charge on any atom is 0.333 e. The van der Waals surface area contributed by atoms with Gasteiger partial charge in [0.15, 0.2) is 25.0 Å². The molecule has 0 aliphatic carbocycles. The van der Waals surface area contributed by atoms with Gasteiger partial charge in [-0.2, -0.15) is 0 Å². The first-order valence-corrected chi connectivity index (χ1v) is 18.5. The molecule has 15 unspecified atom stereocenters. The van der Waals surface area contributed by atoms with Crippen LogP contribution in [0.15, 0.2) is 48.6 Å². The highest BCUT2D eigenvalue weighted by molar-refractivity contribution is 5.87. The van der Waals surface area contributed by atoms with Gasteiger partial charge in [0, 0.05) is 5.57 Å². The summed E-state index contributed by atoms with van der Waals surface area (Å²) in [6.45, 7) is 16.6. The smallest absolute Gasteiger partial charge is 0.333 e. The van der Waals surface area contributed by atoms with Gasteiger partial charge in [0.2, 0.25) is 0 Å². The molecule has 17 heteroatoms. The molecule has 3 heterocycles. The quantitative estimate of drug-likeness (QED) is 0.0476. The number of ether oxygens (including phenoxy) is 7. The molecule has 316 valence electrons. The zero-order valence-corrected chi connectivity index (χ0v) is 32.4. The van der Waals surface area contributed by atoms with Crippen molar-refractivity contribution in [3.8, 4) is 0 Å². The minimum absolute atomic E-state index is 0.135. The van der Waals surface area contributed by atoms with Crippen molar-refractivity contribution < 1.29 is 83.9 Å². The van der Waals surface area contributed by atoms with Crippen molar-refractivity contribution in [2.24, 2.45) is 0 Å². The molecule has 3 rings (SSSR count). The van der Waals surface area contributed by atoms with Gasteiger partial charge in [0.05, 0.1) is 30.5 Å². The predicted octanol–water partition coefficient (Wildman–Crippen LogP) is -0.616. The normalized spacial score (nSPS) is 39.3. The third kappa shape index (κ3) is 11.9. The maximum absolute atomic E-state index is 13.1. The Morgan fingerprint density at radius 2 is 1.13 bits per heavy atom. The van der Waals surface area contributed by atoms with Gasteiger partial charge in [-0.1, -0.05) is 29.9 Å². The number of hydrogen-bond donors (Lipinski definition) is 9. The van der Waals surface area contributed by atoms with Crippen LogP contribution in [0.3, 0.4) is 0 Å². The Kier molecular flexibility index (Phi) is 17.6. The third-order valence-corrected chi connectivity index (χ3v) is 10.2. The van der Waals surface area contributed by atoms with Crippen LogP contribution in [0.2, 0.25) is 0 Å². The minimum atomic E-state index is -1.81. The summed E-state index contributed by atoms with van der Waals surface area (Å²) in [6.07, 6.45) is -14.2. The van der Waals surface area contributed by atoms with E-state index in [1.165, 1.54) is 26.0 Å². The SMILES string of the molecule is C=C[C@@](C)(CC/C=C(\C)C(=O)OC1C(C)OC(OC2C(O[C@@](C)(C=C)CCC=C(C)C)OC(CO)C(O)C2O)C(O)C1O)OC1OC(CO)C(O)C(O)C1O. The van der Waals surface area contributed by atoms with Crippen molar-refractivity contribution in [3.05, 3.63) is 48.6 Å². The number of rotatable bonds is 18. The summed E-state index contributed by atoms with van der Waals surface area (Å²) in [6, 6.07) is 0. The van der Waals surface area contributed by atoms with Crippen LogP contribution in [-0.2, 0) is 38.0 Å². The van der Waals surface area contributed by atoms with Crippen LogP contribution in [-0.4, -0.2) is 168 Å². The Morgan fingerprint density at radius 1 is 0.655 bits per heavy atom. The Balaban J connectivity index is 1.65. The Labute approximate surface area is 322 Å². The van der Waals surface area contributed by atoms with Crippen molar-refractivity contribution in [1.29, 1.82) is 0 Å². The fourth-order valence-corrected chi connectivity index (χ4v) is 6.37. The summed E-state index contributed by atoms with van der Waals surface area (Å²) in [7, 11) is 0. The summed E-state index contributed by atoms with van der Waals surface area (Å²) in [5.41, 5.74) is -0.927. The first-order chi connectivity index (χ1) is 25.7. The molecule has 0 radical (unpaired) electrons. The largest absolute Gasteiger partial charge is 0.453 e. The molecule has 17 atom stereocenters. The van der Waals surface area contributed by atoms with E-state index in [9.17, 15) is 50.8 Å². The molecule has 3 fully saturated rings. The van der Waals surface area contributed by atoms with Gasteiger partial charge in [-0.05, 0) is 67.2 Å². The van der Waals surface area contributed by atoms with Gasteiger partial charge in [0.25, 0.3) is 0 Å². The van der Waals surface area contributed by atoms with Gasteiger partial charge in [-0.3, -0.25) is 0 Å². The second-order valence-electron chi connectivity index (χ2n) is 15.1. The third-order valence-electron chi connectivity index (χ3n) is 10.2. The van der Waals surface area contributed by atoms with Crippen LogP contribution in [0.1, 0.15) is 67.2 Å². The molecule has 55 heavy (non-hydrogen) atoms. The van der Waals surface area contributed by atoms with E-state index in [0.29, 0.717) is 12.8 Å². The molecule has 0 aromatic rings. The molecule has 0 aromatic heterocycles. The average Bonchev–Trinajstić information content (AvgIpc) is 3.14. The number of carbonyl (C=O) groups excluding carboxylic acids is 1. The van der Waals surface area contributed by atoms with Gasteiger partial charge in [-0.25, -0.2) is 4.79 Å². The number of hydrogen-bond acceptors (Lipinski definition) is 17. The summed E-state index contributed by atoms with van der Waals surface area (Å²) in [5.74, 6) is -0.833. The molecular formula is C38H62O17. The van der Waals surface area contributed by atoms with Crippen molar-refractivity contribution in [2.45, 2.75) is 171 Å². The van der Waals surface area contributed by atoms with E-state index in [2.05, 4.69) is 13.2 Å². The van der Waals surface area contributed by atoms with Gasteiger partial charge in [0.1, 0.15) is 61.0 Å². The summed E-state index contributed by atoms with van der Waals surface area (Å²) < 4.78 is 40.6. The lowest BCUT2D eigenvalue weighted by Crippen LogP contribution is -2.65. The van der Waals surface area contributed by atoms with E-state index in [4.69, 9.17) is 33.2 Å². The molecule has 0 amide bonds. The molecule has 0 bridgehead atoms. The monoisotopic (exact) mass is 790 g/mol. The lowest BCUT2D eigenvalue weighted by atomic mass is 9.96. The molecular weight excluding hydrogens is 728 g/mol. The van der Waals surface area contributed by atoms with E-state index in [1.807, 2.05) is 19.9 Å². The van der Waals surface area contributed by atoms with Crippen molar-refractivity contribution >= 4 is 5.97 Å². The Morgan fingerprint density at radius 3 is 1.65 bits per heavy atom. The molecule has 9 N–H and O–H groups in total. The molecule has 0 saturated carbocycles. The number of esters is 1. The van der Waals surface area contributed by atoms with Gasteiger partial charge >= 0.3 is 5.97 Å². The van der Waals surface area contributed by atoms with Crippen molar-refractivity contribution in [1.82, 2.24) is 0 Å². The highest BCUT2D eigenvalue weighted by Crippen LogP contribution is 2.34. The zero-order chi connectivity index (χ0) is 41.4. The van der Waals surface area contributed by atoms with E-state index >= 15 is 0 Å². The summed E-state index contributed by atoms with van der Waals surface area (Å²) in [4.78, 5) is 13.1. The second kappa shape index (κ2) is 20.5. The summed E-state index contributed by atoms with van der Waals surface area (Å²) >= 11 is 0. The fraction of sp³-hybridized carbons (Fsp3) is 0.763. The standard InChI is InChI=1S/C38H62O17/c1-9-37(7,54-35-29(46)26(43)24(41)22(17-39)50-35)16-12-14-20(5)33(48)52-31-21(6)49-34(30(47)28(31)45)53-32-27(44)25(42)23(18-40)51-36(32)55-38(8,10-2)15-11-13-19(3)4/h9-10,13-14,21-32,34-36,39-47H,1-2,11-12,15-18H2,3-8H3/b20-14+/t21?,22?,23?,24?,25?,26?,27?,28?,29?,30?,31?,32?,34?,35?,36?,37-,38-/m0/s1. The van der Waals surface area contributed by atoms with Crippen LogP contribution >= 0.6 is 0 Å². The predicted molar refractivity (Wildman–Crippen MR) is 194 cm³/mol. The molecule has 3 saturated heterocycles. The number of aliphatic hydroxyl groups is 9. The summed E-state index contributed by atoms with van der Waals surface area (Å²) in [5, 5.41) is 93.7. The van der Waals surface area contributed by atoms with Crippen LogP contribution in [0, 0.1) is 0 Å². The lowest BCUT2D eigenvalue weighted by Gasteiger charge is -2.47. The molecule has 17 nitrogen and oxygen atoms in total. The lowest BCUT2D eigenvalue weighted by molar-refractivity contribution is -0.373. The van der Waals surface area contributed by atoms with E-state index in [0.717, 1.165) is 5.57 Å². The van der Waals surface area contributed by atoms with E-state index < -0.39 is 123 Å². The Hall–Kier alpha value is -2.17. The van der Waals surface area contributed by atoms with E-state index in [1.54, 1.807) is 19.9 Å². The first-order valence-electron chi connectivity index (χ1n) is 18.5. The molecule has 0 aromatic carbocycles. The number of aliphatic hydroxyl groups excluding tert-OH is 9.